The third-order valence-electron chi connectivity index (χ3n) is 8.49. The molecule has 0 amide bonds. The minimum absolute atomic E-state index is 0.0820. The topological polar surface area (TPSA) is 44.8 Å². The first-order valence-corrected chi connectivity index (χ1v) is 19.1. The predicted molar refractivity (Wildman–Crippen MR) is 182 cm³/mol. The van der Waals surface area contributed by atoms with Crippen molar-refractivity contribution in [1.29, 1.82) is 0 Å². The molecule has 0 aromatic rings. The van der Waals surface area contributed by atoms with E-state index >= 15 is 0 Å². The summed E-state index contributed by atoms with van der Waals surface area (Å²) >= 11 is 0. The minimum atomic E-state index is -0.0820. The van der Waals surface area contributed by atoms with Crippen LogP contribution in [-0.4, -0.2) is 39.0 Å². The number of unbranched alkanes of at least 4 members (excludes halogenated alkanes) is 27. The zero-order chi connectivity index (χ0) is 30.4. The molecule has 0 unspecified atom stereocenters. The van der Waals surface area contributed by atoms with Gasteiger partial charge in [-0.15, -0.1) is 0 Å². The number of carbonyl (C=O) groups excluding carboxylic acids is 1. The lowest BCUT2D eigenvalue weighted by Crippen LogP contribution is -2.13. The van der Waals surface area contributed by atoms with Gasteiger partial charge in [0.15, 0.2) is 0 Å². The number of hydrogen-bond acceptors (Lipinski definition) is 4. The summed E-state index contributed by atoms with van der Waals surface area (Å²) in [7, 11) is 0. The first-order valence-electron chi connectivity index (χ1n) is 19.1. The zero-order valence-electron chi connectivity index (χ0n) is 28.9. The maximum absolute atomic E-state index is 11.9. The SMILES string of the molecule is CCCCCCCCCCCCCCCCCCOCCOCCOC(=O)CCCCCCCCCCCCCCC. The van der Waals surface area contributed by atoms with Crippen molar-refractivity contribution in [3.63, 3.8) is 0 Å². The lowest BCUT2D eigenvalue weighted by atomic mass is 10.0. The molecule has 4 heteroatoms. The highest BCUT2D eigenvalue weighted by Crippen LogP contribution is 2.15. The minimum Gasteiger partial charge on any atom is -0.463 e. The molecule has 0 aliphatic heterocycles. The van der Waals surface area contributed by atoms with Crippen LogP contribution in [0.2, 0.25) is 0 Å². The van der Waals surface area contributed by atoms with Gasteiger partial charge >= 0.3 is 5.97 Å². The Hall–Kier alpha value is -0.610. The summed E-state index contributed by atoms with van der Waals surface area (Å²) in [5, 5.41) is 0. The van der Waals surface area contributed by atoms with Crippen molar-refractivity contribution in [3.8, 4) is 0 Å². The molecule has 4 nitrogen and oxygen atoms in total. The second-order valence-corrected chi connectivity index (χ2v) is 12.7. The van der Waals surface area contributed by atoms with Gasteiger partial charge in [0.2, 0.25) is 0 Å². The van der Waals surface area contributed by atoms with Gasteiger partial charge in [0.05, 0.1) is 19.8 Å². The van der Waals surface area contributed by atoms with E-state index in [0.717, 1.165) is 25.9 Å². The highest BCUT2D eigenvalue weighted by Gasteiger charge is 2.03. The summed E-state index contributed by atoms with van der Waals surface area (Å²) in [5.74, 6) is -0.0820. The van der Waals surface area contributed by atoms with Gasteiger partial charge in [-0.3, -0.25) is 4.79 Å². The van der Waals surface area contributed by atoms with E-state index in [1.807, 2.05) is 0 Å². The Morgan fingerprint density at radius 1 is 0.333 bits per heavy atom. The van der Waals surface area contributed by atoms with Crippen LogP contribution in [0.3, 0.4) is 0 Å². The quantitative estimate of drug-likeness (QED) is 0.0528. The van der Waals surface area contributed by atoms with E-state index < -0.39 is 0 Å². The molecule has 0 radical (unpaired) electrons. The van der Waals surface area contributed by atoms with Crippen molar-refractivity contribution in [1.82, 2.24) is 0 Å². The van der Waals surface area contributed by atoms with Gasteiger partial charge in [0, 0.05) is 13.0 Å². The third-order valence-corrected chi connectivity index (χ3v) is 8.49. The van der Waals surface area contributed by atoms with Crippen molar-refractivity contribution in [2.24, 2.45) is 0 Å². The van der Waals surface area contributed by atoms with Crippen molar-refractivity contribution in [2.45, 2.75) is 206 Å². The third kappa shape index (κ3) is 37.4. The van der Waals surface area contributed by atoms with Crippen LogP contribution in [0.15, 0.2) is 0 Å². The average molecular weight is 597 g/mol. The molecule has 0 bridgehead atoms. The van der Waals surface area contributed by atoms with Gasteiger partial charge < -0.3 is 14.2 Å². The lowest BCUT2D eigenvalue weighted by Gasteiger charge is -2.07. The Balaban J connectivity index is 3.13. The second-order valence-electron chi connectivity index (χ2n) is 12.7. The fraction of sp³-hybridized carbons (Fsp3) is 0.974. The van der Waals surface area contributed by atoms with E-state index in [2.05, 4.69) is 13.8 Å². The average Bonchev–Trinajstić information content (AvgIpc) is 3.00. The molecule has 0 saturated heterocycles. The zero-order valence-corrected chi connectivity index (χ0v) is 28.9. The Bertz CT molecular complexity index is 495. The molecule has 0 saturated carbocycles. The van der Waals surface area contributed by atoms with Crippen LogP contribution in [0.1, 0.15) is 206 Å². The highest BCUT2D eigenvalue weighted by atomic mass is 16.6. The molecule has 0 rings (SSSR count). The van der Waals surface area contributed by atoms with E-state index in [4.69, 9.17) is 14.2 Å². The molecule has 0 N–H and O–H groups in total. The van der Waals surface area contributed by atoms with Crippen LogP contribution in [0.5, 0.6) is 0 Å². The second kappa shape index (κ2) is 38.4. The number of carbonyl (C=O) groups is 1. The number of ether oxygens (including phenoxy) is 3. The summed E-state index contributed by atoms with van der Waals surface area (Å²) in [6, 6.07) is 0. The summed E-state index contributed by atoms with van der Waals surface area (Å²) in [4.78, 5) is 11.9. The molecule has 0 aromatic heterocycles. The van der Waals surface area contributed by atoms with E-state index in [9.17, 15) is 4.79 Å². The molecule has 42 heavy (non-hydrogen) atoms. The summed E-state index contributed by atoms with van der Waals surface area (Å²) in [6.45, 7) is 7.43. The van der Waals surface area contributed by atoms with Gasteiger partial charge in [-0.25, -0.2) is 0 Å². The van der Waals surface area contributed by atoms with Crippen molar-refractivity contribution < 1.29 is 19.0 Å². The largest absolute Gasteiger partial charge is 0.463 e. The van der Waals surface area contributed by atoms with Gasteiger partial charge in [-0.1, -0.05) is 187 Å². The lowest BCUT2D eigenvalue weighted by molar-refractivity contribution is -0.145. The van der Waals surface area contributed by atoms with Crippen molar-refractivity contribution in [3.05, 3.63) is 0 Å². The molecule has 0 aromatic carbocycles. The van der Waals surface area contributed by atoms with Crippen LogP contribution in [0.25, 0.3) is 0 Å². The predicted octanol–water partition coefficient (Wildman–Crippen LogP) is 12.3. The Morgan fingerprint density at radius 3 is 1.00 bits per heavy atom. The first-order chi connectivity index (χ1) is 20.8. The van der Waals surface area contributed by atoms with Gasteiger partial charge in [0.25, 0.3) is 0 Å². The number of esters is 1. The summed E-state index contributed by atoms with van der Waals surface area (Å²) in [5.41, 5.74) is 0. The smallest absolute Gasteiger partial charge is 0.305 e. The van der Waals surface area contributed by atoms with E-state index in [-0.39, 0.29) is 5.97 Å². The molecule has 0 aliphatic carbocycles. The monoisotopic (exact) mass is 597 g/mol. The maximum atomic E-state index is 11.9. The van der Waals surface area contributed by atoms with E-state index in [1.54, 1.807) is 0 Å². The Labute approximate surface area is 264 Å². The molecule has 252 valence electrons. The molecule has 0 fully saturated rings. The number of rotatable bonds is 37. The normalized spacial score (nSPS) is 11.4. The first kappa shape index (κ1) is 41.4. The summed E-state index contributed by atoms with van der Waals surface area (Å²) < 4.78 is 16.5. The van der Waals surface area contributed by atoms with Gasteiger partial charge in [0.1, 0.15) is 6.61 Å². The van der Waals surface area contributed by atoms with Crippen LogP contribution >= 0.6 is 0 Å². The Morgan fingerprint density at radius 2 is 0.619 bits per heavy atom. The molecule has 0 aliphatic rings. The van der Waals surface area contributed by atoms with Crippen LogP contribution < -0.4 is 0 Å². The molecule has 0 spiro atoms. The molecule has 0 heterocycles. The van der Waals surface area contributed by atoms with E-state index in [0.29, 0.717) is 32.8 Å². The standard InChI is InChI=1S/C38H76O4/c1-3-5-7-9-11-13-15-17-18-19-21-23-25-27-29-31-33-40-34-35-41-36-37-42-38(39)32-30-28-26-24-22-20-16-14-12-10-8-6-4-2/h3-37H2,1-2H3. The Kier molecular flexibility index (Phi) is 37.9. The van der Waals surface area contributed by atoms with Gasteiger partial charge in [-0.2, -0.15) is 0 Å². The summed E-state index contributed by atoms with van der Waals surface area (Å²) in [6.07, 6.45) is 40.0. The molecular formula is C38H76O4. The molecule has 0 atom stereocenters. The highest BCUT2D eigenvalue weighted by molar-refractivity contribution is 5.69. The van der Waals surface area contributed by atoms with Crippen molar-refractivity contribution >= 4 is 5.97 Å². The number of hydrogen-bond donors (Lipinski definition) is 0. The van der Waals surface area contributed by atoms with Crippen molar-refractivity contribution in [2.75, 3.05) is 33.0 Å². The fourth-order valence-corrected chi connectivity index (χ4v) is 5.65. The van der Waals surface area contributed by atoms with Gasteiger partial charge in [-0.05, 0) is 12.8 Å². The van der Waals surface area contributed by atoms with Crippen LogP contribution in [-0.2, 0) is 19.0 Å². The fourth-order valence-electron chi connectivity index (χ4n) is 5.65. The molecular weight excluding hydrogens is 520 g/mol. The maximum Gasteiger partial charge on any atom is 0.305 e. The van der Waals surface area contributed by atoms with Crippen LogP contribution in [0, 0.1) is 0 Å². The van der Waals surface area contributed by atoms with E-state index in [1.165, 1.54) is 167 Å². The van der Waals surface area contributed by atoms with Crippen LogP contribution in [0.4, 0.5) is 0 Å².